The maximum atomic E-state index is 11.3. The van der Waals surface area contributed by atoms with Gasteiger partial charge in [-0.25, -0.2) is 0 Å². The highest BCUT2D eigenvalue weighted by molar-refractivity contribution is 7.98. The van der Waals surface area contributed by atoms with Crippen LogP contribution in [0.4, 0.5) is 0 Å². The van der Waals surface area contributed by atoms with Crippen LogP contribution in [-0.4, -0.2) is 48.5 Å². The quantitative estimate of drug-likeness (QED) is 0.346. The number of hydrogen-bond donors (Lipinski definition) is 3. The molecule has 0 aliphatic heterocycles. The third kappa shape index (κ3) is 17.4. The number of allylic oxidation sites excluding steroid dienone is 1. The molecule has 0 aromatic carbocycles. The second-order valence-corrected chi connectivity index (χ2v) is 5.41. The molecular weight excluding hydrogens is 294 g/mol. The van der Waals surface area contributed by atoms with Crippen molar-refractivity contribution >= 4 is 30.3 Å². The molecule has 4 nitrogen and oxygen atoms in total. The fraction of sp³-hybridized carbons (Fsp3) is 0.643. The molecule has 20 heavy (non-hydrogen) atoms. The van der Waals surface area contributed by atoms with Crippen LogP contribution in [0, 0.1) is 0 Å². The smallest absolute Gasteiger partial charge is 0.223 e. The van der Waals surface area contributed by atoms with Crippen molar-refractivity contribution in [1.29, 1.82) is 0 Å². The van der Waals surface area contributed by atoms with Gasteiger partial charge in [-0.2, -0.15) is 24.4 Å². The van der Waals surface area contributed by atoms with E-state index in [1.807, 2.05) is 11.8 Å². The molecular formula is C14H27NO3S2. The van der Waals surface area contributed by atoms with Crippen molar-refractivity contribution in [3.8, 4) is 0 Å². The summed E-state index contributed by atoms with van der Waals surface area (Å²) in [7, 11) is 1.49. The fourth-order valence-corrected chi connectivity index (χ4v) is 1.08. The summed E-state index contributed by atoms with van der Waals surface area (Å²) in [5.41, 5.74) is 0. The standard InChI is InChI=1S/C11H19NO3S.C3H8S/c1-9(15-2)8-12-11(14)7-10(13)5-3-4-6-16;1-3-4-2/h3,5,10,13,16H,1,4,6-8H2,2H3,(H,12,14);3H2,1-2H3/b5-3+;. The Hall–Kier alpha value is -0.590. The Kier molecular flexibility index (Phi) is 17.9. The van der Waals surface area contributed by atoms with Crippen molar-refractivity contribution < 1.29 is 14.6 Å². The lowest BCUT2D eigenvalue weighted by Crippen LogP contribution is -2.28. The summed E-state index contributed by atoms with van der Waals surface area (Å²) in [6.07, 6.45) is 5.57. The minimum atomic E-state index is -0.754. The minimum Gasteiger partial charge on any atom is -0.500 e. The molecule has 0 rings (SSSR count). The van der Waals surface area contributed by atoms with Gasteiger partial charge in [0.1, 0.15) is 5.76 Å². The number of nitrogens with one attached hydrogen (secondary N) is 1. The summed E-state index contributed by atoms with van der Waals surface area (Å²) < 4.78 is 4.79. The van der Waals surface area contributed by atoms with Crippen LogP contribution in [0.5, 0.6) is 0 Å². The number of methoxy groups -OCH3 is 1. The molecule has 0 saturated carbocycles. The second kappa shape index (κ2) is 16.5. The SMILES string of the molecule is C=C(CNC(=O)CC(O)/C=C/CCS)OC.CCSC. The zero-order chi connectivity index (χ0) is 15.8. The molecule has 0 radical (unpaired) electrons. The Morgan fingerprint density at radius 2 is 2.20 bits per heavy atom. The van der Waals surface area contributed by atoms with Crippen molar-refractivity contribution in [3.05, 3.63) is 24.5 Å². The first-order valence-electron chi connectivity index (χ1n) is 6.44. The van der Waals surface area contributed by atoms with E-state index >= 15 is 0 Å². The van der Waals surface area contributed by atoms with Gasteiger partial charge in [0.05, 0.1) is 26.2 Å². The normalized spacial score (nSPS) is 11.4. The van der Waals surface area contributed by atoms with E-state index in [1.54, 1.807) is 12.2 Å². The van der Waals surface area contributed by atoms with Crippen molar-refractivity contribution in [1.82, 2.24) is 5.32 Å². The van der Waals surface area contributed by atoms with Crippen LogP contribution < -0.4 is 5.32 Å². The van der Waals surface area contributed by atoms with Crippen LogP contribution in [-0.2, 0) is 9.53 Å². The lowest BCUT2D eigenvalue weighted by molar-refractivity contribution is -0.122. The second-order valence-electron chi connectivity index (χ2n) is 3.81. The molecule has 118 valence electrons. The van der Waals surface area contributed by atoms with Crippen molar-refractivity contribution in [2.75, 3.05) is 31.4 Å². The Morgan fingerprint density at radius 1 is 1.60 bits per heavy atom. The van der Waals surface area contributed by atoms with E-state index in [0.717, 1.165) is 12.2 Å². The zero-order valence-corrected chi connectivity index (χ0v) is 14.3. The molecule has 0 fully saturated rings. The highest BCUT2D eigenvalue weighted by Crippen LogP contribution is 1.97. The molecule has 0 aromatic heterocycles. The number of thiol groups is 1. The van der Waals surface area contributed by atoms with E-state index in [1.165, 1.54) is 12.9 Å². The van der Waals surface area contributed by atoms with E-state index in [2.05, 4.69) is 37.7 Å². The third-order valence-electron chi connectivity index (χ3n) is 2.11. The van der Waals surface area contributed by atoms with E-state index in [4.69, 9.17) is 4.74 Å². The zero-order valence-electron chi connectivity index (χ0n) is 12.6. The monoisotopic (exact) mass is 321 g/mol. The van der Waals surface area contributed by atoms with E-state index < -0.39 is 6.10 Å². The predicted molar refractivity (Wildman–Crippen MR) is 91.4 cm³/mol. The summed E-state index contributed by atoms with van der Waals surface area (Å²) in [6, 6.07) is 0. The molecule has 1 amide bonds. The van der Waals surface area contributed by atoms with E-state index in [9.17, 15) is 9.90 Å². The summed E-state index contributed by atoms with van der Waals surface area (Å²) in [5, 5.41) is 12.0. The maximum Gasteiger partial charge on any atom is 0.223 e. The van der Waals surface area contributed by atoms with Gasteiger partial charge in [0, 0.05) is 0 Å². The van der Waals surface area contributed by atoms with Gasteiger partial charge in [-0.05, 0) is 24.2 Å². The van der Waals surface area contributed by atoms with Gasteiger partial charge in [-0.1, -0.05) is 25.7 Å². The number of ether oxygens (including phenoxy) is 1. The number of rotatable bonds is 9. The molecule has 0 heterocycles. The van der Waals surface area contributed by atoms with Gasteiger partial charge in [-0.15, -0.1) is 0 Å². The van der Waals surface area contributed by atoms with Crippen molar-refractivity contribution in [2.45, 2.75) is 25.9 Å². The maximum absolute atomic E-state index is 11.3. The Labute approximate surface area is 132 Å². The lowest BCUT2D eigenvalue weighted by Gasteiger charge is -2.08. The first-order chi connectivity index (χ1) is 9.51. The summed E-state index contributed by atoms with van der Waals surface area (Å²) in [5.74, 6) is 2.21. The molecule has 1 atom stereocenters. The summed E-state index contributed by atoms with van der Waals surface area (Å²) in [4.78, 5) is 11.3. The van der Waals surface area contributed by atoms with Crippen LogP contribution in [0.25, 0.3) is 0 Å². The van der Waals surface area contributed by atoms with Crippen LogP contribution in [0.2, 0.25) is 0 Å². The minimum absolute atomic E-state index is 0.0417. The van der Waals surface area contributed by atoms with Crippen LogP contribution >= 0.6 is 24.4 Å². The first-order valence-corrected chi connectivity index (χ1v) is 8.47. The largest absolute Gasteiger partial charge is 0.500 e. The Bertz CT molecular complexity index is 282. The Balaban J connectivity index is 0. The van der Waals surface area contributed by atoms with Gasteiger partial charge in [-0.3, -0.25) is 4.79 Å². The average Bonchev–Trinajstić information content (AvgIpc) is 2.45. The number of thioether (sulfide) groups is 1. The van der Waals surface area contributed by atoms with Gasteiger partial charge in [0.25, 0.3) is 0 Å². The fourth-order valence-electron chi connectivity index (χ4n) is 0.927. The topological polar surface area (TPSA) is 58.6 Å². The van der Waals surface area contributed by atoms with Crippen LogP contribution in [0.3, 0.4) is 0 Å². The van der Waals surface area contributed by atoms with Crippen molar-refractivity contribution in [2.24, 2.45) is 0 Å². The van der Waals surface area contributed by atoms with Gasteiger partial charge in [0.2, 0.25) is 5.91 Å². The number of aliphatic hydroxyl groups excluding tert-OH is 1. The highest BCUT2D eigenvalue weighted by atomic mass is 32.2. The van der Waals surface area contributed by atoms with E-state index in [0.29, 0.717) is 5.76 Å². The average molecular weight is 322 g/mol. The van der Waals surface area contributed by atoms with Gasteiger partial charge < -0.3 is 15.2 Å². The molecule has 0 aliphatic carbocycles. The van der Waals surface area contributed by atoms with E-state index in [-0.39, 0.29) is 18.9 Å². The number of hydrogen-bond acceptors (Lipinski definition) is 5. The summed E-state index contributed by atoms with van der Waals surface area (Å²) in [6.45, 7) is 5.97. The first kappa shape index (κ1) is 21.7. The van der Waals surface area contributed by atoms with Crippen molar-refractivity contribution in [3.63, 3.8) is 0 Å². The molecule has 1 unspecified atom stereocenters. The number of carbonyl (C=O) groups is 1. The highest BCUT2D eigenvalue weighted by Gasteiger charge is 2.07. The number of aliphatic hydroxyl groups is 1. The number of carbonyl (C=O) groups excluding carboxylic acids is 1. The van der Waals surface area contributed by atoms with Crippen LogP contribution in [0.15, 0.2) is 24.5 Å². The predicted octanol–water partition coefficient (Wildman–Crippen LogP) is 2.26. The third-order valence-corrected chi connectivity index (χ3v) is 2.94. The van der Waals surface area contributed by atoms with Gasteiger partial charge >= 0.3 is 0 Å². The lowest BCUT2D eigenvalue weighted by atomic mass is 10.2. The molecule has 0 bridgehead atoms. The molecule has 0 aromatic rings. The molecule has 0 aliphatic rings. The van der Waals surface area contributed by atoms with Gasteiger partial charge in [0.15, 0.2) is 0 Å². The molecule has 0 saturated heterocycles. The molecule has 6 heteroatoms. The molecule has 2 N–H and O–H groups in total. The number of amides is 1. The molecule has 0 spiro atoms. The van der Waals surface area contributed by atoms with Crippen LogP contribution in [0.1, 0.15) is 19.8 Å². The summed E-state index contributed by atoms with van der Waals surface area (Å²) >= 11 is 5.88. The Morgan fingerprint density at radius 3 is 2.65 bits per heavy atom.